The van der Waals surface area contributed by atoms with Crippen molar-refractivity contribution in [2.75, 3.05) is 0 Å². The molecule has 0 saturated heterocycles. The van der Waals surface area contributed by atoms with Crippen molar-refractivity contribution in [1.29, 1.82) is 0 Å². The molecule has 1 atom stereocenters. The van der Waals surface area contributed by atoms with Crippen LogP contribution < -0.4 is 5.73 Å². The normalized spacial score (nSPS) is 15.3. The summed E-state index contributed by atoms with van der Waals surface area (Å²) < 4.78 is 0. The molecule has 1 unspecified atom stereocenters. The van der Waals surface area contributed by atoms with Crippen LogP contribution in [-0.4, -0.2) is 11.1 Å². The van der Waals surface area contributed by atoms with Crippen LogP contribution in [0.25, 0.3) is 0 Å². The van der Waals surface area contributed by atoms with E-state index in [4.69, 9.17) is 10.8 Å². The van der Waals surface area contributed by atoms with Crippen LogP contribution in [0.2, 0.25) is 0 Å². The third kappa shape index (κ3) is 1.89. The Morgan fingerprint density at radius 1 is 1.77 bits per heavy atom. The molecule has 13 heavy (non-hydrogen) atoms. The molecule has 0 bridgehead atoms. The number of aromatic carboxylic acids is 1. The maximum Gasteiger partial charge on any atom is 0.336 e. The van der Waals surface area contributed by atoms with Crippen LogP contribution in [-0.2, 0) is 5.54 Å². The number of rotatable bonds is 3. The van der Waals surface area contributed by atoms with Gasteiger partial charge < -0.3 is 10.8 Å². The molecule has 0 spiro atoms. The predicted octanol–water partition coefficient (Wildman–Crippen LogP) is 2.03. The number of nitrogens with two attached hydrogens (primary N) is 1. The summed E-state index contributed by atoms with van der Waals surface area (Å²) in [6.07, 6.45) is 0.730. The summed E-state index contributed by atoms with van der Waals surface area (Å²) in [5.74, 6) is -0.902. The Balaban J connectivity index is 3.14. The van der Waals surface area contributed by atoms with Crippen LogP contribution in [0.5, 0.6) is 0 Å². The molecule has 3 N–H and O–H groups in total. The van der Waals surface area contributed by atoms with Crippen molar-refractivity contribution in [3.05, 3.63) is 21.9 Å². The van der Waals surface area contributed by atoms with E-state index in [0.717, 1.165) is 11.3 Å². The first-order chi connectivity index (χ1) is 5.99. The monoisotopic (exact) mass is 199 g/mol. The zero-order chi connectivity index (χ0) is 10.1. The van der Waals surface area contributed by atoms with Crippen molar-refractivity contribution in [2.45, 2.75) is 25.8 Å². The molecule has 72 valence electrons. The molecule has 0 aliphatic rings. The molecule has 0 aliphatic heterocycles. The summed E-state index contributed by atoms with van der Waals surface area (Å²) in [6.45, 7) is 3.80. The highest BCUT2D eigenvalue weighted by atomic mass is 32.1. The molecule has 0 fully saturated rings. The minimum atomic E-state index is -0.902. The molecule has 0 amide bonds. The molecule has 0 saturated carbocycles. The van der Waals surface area contributed by atoms with Crippen LogP contribution in [0.1, 0.15) is 35.5 Å². The van der Waals surface area contributed by atoms with E-state index in [9.17, 15) is 4.79 Å². The minimum absolute atomic E-state index is 0.330. The van der Waals surface area contributed by atoms with Gasteiger partial charge in [-0.05, 0) is 24.8 Å². The summed E-state index contributed by atoms with van der Waals surface area (Å²) >= 11 is 1.40. The Morgan fingerprint density at radius 3 is 2.85 bits per heavy atom. The molecule has 1 aromatic rings. The van der Waals surface area contributed by atoms with Gasteiger partial charge in [0.1, 0.15) is 0 Å². The smallest absolute Gasteiger partial charge is 0.336 e. The maximum absolute atomic E-state index is 10.8. The quantitative estimate of drug-likeness (QED) is 0.783. The van der Waals surface area contributed by atoms with E-state index >= 15 is 0 Å². The highest BCUT2D eigenvalue weighted by molar-refractivity contribution is 7.10. The molecular weight excluding hydrogens is 186 g/mol. The molecule has 4 heteroatoms. The van der Waals surface area contributed by atoms with Gasteiger partial charge in [0.15, 0.2) is 0 Å². The Kier molecular flexibility index (Phi) is 2.73. The van der Waals surface area contributed by atoms with E-state index in [2.05, 4.69) is 0 Å². The molecule has 1 rings (SSSR count). The van der Waals surface area contributed by atoms with E-state index in [1.807, 2.05) is 13.8 Å². The van der Waals surface area contributed by atoms with Crippen LogP contribution >= 0.6 is 11.3 Å². The molecule has 1 heterocycles. The number of thiophene rings is 1. The second kappa shape index (κ2) is 3.47. The van der Waals surface area contributed by atoms with Gasteiger partial charge in [-0.15, -0.1) is 11.3 Å². The summed E-state index contributed by atoms with van der Waals surface area (Å²) in [7, 11) is 0. The van der Waals surface area contributed by atoms with Gasteiger partial charge in [-0.2, -0.15) is 0 Å². The molecule has 1 aromatic heterocycles. The molecule has 3 nitrogen and oxygen atoms in total. The van der Waals surface area contributed by atoms with E-state index in [1.54, 1.807) is 11.4 Å². The molecule has 0 aliphatic carbocycles. The number of carbonyl (C=O) groups is 1. The zero-order valence-electron chi connectivity index (χ0n) is 7.70. The minimum Gasteiger partial charge on any atom is -0.478 e. The first kappa shape index (κ1) is 10.2. The SMILES string of the molecule is CCC(C)(N)c1sccc1C(=O)O. The van der Waals surface area contributed by atoms with Crippen molar-refractivity contribution in [3.8, 4) is 0 Å². The maximum atomic E-state index is 10.8. The topological polar surface area (TPSA) is 63.3 Å². The van der Waals surface area contributed by atoms with Gasteiger partial charge in [-0.1, -0.05) is 6.92 Å². The molecule has 0 aromatic carbocycles. The Bertz CT molecular complexity index is 317. The van der Waals surface area contributed by atoms with Crippen molar-refractivity contribution >= 4 is 17.3 Å². The van der Waals surface area contributed by atoms with Crippen LogP contribution in [0.4, 0.5) is 0 Å². The Hall–Kier alpha value is -0.870. The van der Waals surface area contributed by atoms with Crippen molar-refractivity contribution in [1.82, 2.24) is 0 Å². The van der Waals surface area contributed by atoms with Gasteiger partial charge in [0, 0.05) is 10.4 Å². The Morgan fingerprint density at radius 2 is 2.38 bits per heavy atom. The van der Waals surface area contributed by atoms with Gasteiger partial charge in [-0.3, -0.25) is 0 Å². The summed E-state index contributed by atoms with van der Waals surface area (Å²) in [5.41, 5.74) is 5.77. The Labute approximate surface area is 81.2 Å². The van der Waals surface area contributed by atoms with Crippen molar-refractivity contribution in [2.24, 2.45) is 5.73 Å². The number of carboxylic acid groups (broad SMARTS) is 1. The molecular formula is C9H13NO2S. The van der Waals surface area contributed by atoms with Gasteiger partial charge >= 0.3 is 5.97 Å². The standard InChI is InChI=1S/C9H13NO2S/c1-3-9(2,10)7-6(8(11)12)4-5-13-7/h4-5H,3,10H2,1-2H3,(H,11,12). The van der Waals surface area contributed by atoms with Crippen LogP contribution in [0, 0.1) is 0 Å². The lowest BCUT2D eigenvalue weighted by atomic mass is 9.95. The number of carboxylic acids is 1. The van der Waals surface area contributed by atoms with E-state index in [0.29, 0.717) is 5.56 Å². The fourth-order valence-corrected chi connectivity index (χ4v) is 2.12. The average Bonchev–Trinajstić information content (AvgIpc) is 2.52. The fourth-order valence-electron chi connectivity index (χ4n) is 1.08. The first-order valence-electron chi connectivity index (χ1n) is 4.09. The largest absolute Gasteiger partial charge is 0.478 e. The highest BCUT2D eigenvalue weighted by Crippen LogP contribution is 2.29. The highest BCUT2D eigenvalue weighted by Gasteiger charge is 2.26. The van der Waals surface area contributed by atoms with Crippen molar-refractivity contribution < 1.29 is 9.90 Å². The summed E-state index contributed by atoms with van der Waals surface area (Å²) in [4.78, 5) is 11.5. The zero-order valence-corrected chi connectivity index (χ0v) is 8.52. The van der Waals surface area contributed by atoms with Gasteiger partial charge in [-0.25, -0.2) is 4.79 Å². The first-order valence-corrected chi connectivity index (χ1v) is 4.97. The van der Waals surface area contributed by atoms with Gasteiger partial charge in [0.05, 0.1) is 5.56 Å². The van der Waals surface area contributed by atoms with Crippen LogP contribution in [0.15, 0.2) is 11.4 Å². The van der Waals surface area contributed by atoms with E-state index < -0.39 is 11.5 Å². The lowest BCUT2D eigenvalue weighted by Gasteiger charge is -2.21. The van der Waals surface area contributed by atoms with Crippen molar-refractivity contribution in [3.63, 3.8) is 0 Å². The second-order valence-corrected chi connectivity index (χ2v) is 4.16. The summed E-state index contributed by atoms with van der Waals surface area (Å²) in [6, 6.07) is 1.60. The second-order valence-electron chi connectivity index (χ2n) is 3.24. The fraction of sp³-hybridized carbons (Fsp3) is 0.444. The van der Waals surface area contributed by atoms with Gasteiger partial charge in [0.2, 0.25) is 0 Å². The van der Waals surface area contributed by atoms with E-state index in [-0.39, 0.29) is 0 Å². The lowest BCUT2D eigenvalue weighted by Crippen LogP contribution is -2.32. The summed E-state index contributed by atoms with van der Waals surface area (Å²) in [5, 5.41) is 10.6. The number of hydrogen-bond donors (Lipinski definition) is 2. The van der Waals surface area contributed by atoms with Crippen LogP contribution in [0.3, 0.4) is 0 Å². The molecule has 0 radical (unpaired) electrons. The third-order valence-corrected chi connectivity index (χ3v) is 3.34. The average molecular weight is 199 g/mol. The lowest BCUT2D eigenvalue weighted by molar-refractivity contribution is 0.0694. The predicted molar refractivity (Wildman–Crippen MR) is 53.1 cm³/mol. The number of hydrogen-bond acceptors (Lipinski definition) is 3. The van der Waals surface area contributed by atoms with Gasteiger partial charge in [0.25, 0.3) is 0 Å². The van der Waals surface area contributed by atoms with E-state index in [1.165, 1.54) is 11.3 Å². The third-order valence-electron chi connectivity index (χ3n) is 2.15.